The zero-order valence-electron chi connectivity index (χ0n) is 27.4. The molecule has 20 heteroatoms. The lowest BCUT2D eigenvalue weighted by molar-refractivity contribution is -0.343. The normalized spacial score (nSPS) is 42.4. The van der Waals surface area contributed by atoms with Crippen LogP contribution in [0.1, 0.15) is 40.0 Å². The molecule has 3 fully saturated rings. The predicted octanol–water partition coefficient (Wildman–Crippen LogP) is -3.72. The first kappa shape index (κ1) is 41.9. The summed E-state index contributed by atoms with van der Waals surface area (Å²) in [4.78, 5) is 9.14. The van der Waals surface area contributed by atoms with E-state index in [0.717, 1.165) is 6.66 Å². The maximum Gasteiger partial charge on any atom is 0.325 e. The number of aliphatic hydroxyl groups excluding tert-OH is 9. The fraction of sp³-hybridized carbons (Fsp3) is 1.00. The third-order valence-corrected chi connectivity index (χ3v) is 8.60. The van der Waals surface area contributed by atoms with Crippen LogP contribution in [0.4, 0.5) is 0 Å². The van der Waals surface area contributed by atoms with Gasteiger partial charge in [0.1, 0.15) is 73.2 Å². The number of unbranched alkanes of at least 4 members (excludes halogenated alkanes) is 2. The van der Waals surface area contributed by atoms with E-state index >= 15 is 0 Å². The zero-order chi connectivity index (χ0) is 36.0. The lowest BCUT2D eigenvalue weighted by atomic mass is 9.98. The molecule has 3 rings (SSSR count). The van der Waals surface area contributed by atoms with Crippen LogP contribution in [0.25, 0.3) is 0 Å². The zero-order valence-corrected chi connectivity index (χ0v) is 28.3. The molecule has 0 aliphatic carbocycles. The average molecular weight is 725 g/mol. The summed E-state index contributed by atoms with van der Waals surface area (Å²) in [7, 11) is -3.57. The lowest BCUT2D eigenvalue weighted by Crippen LogP contribution is -2.62. The molecule has 3 heterocycles. The van der Waals surface area contributed by atoms with E-state index in [1.54, 1.807) is 20.8 Å². The molecule has 16 atom stereocenters. The van der Waals surface area contributed by atoms with Gasteiger partial charge in [-0.15, -0.1) is 0 Å². The SMILES string of the molecule is CC(C)(C)OCC1OC(OCC2OC(OCC3OC(OCCCCCOP(C)(=O)O)C(O)C(O)C3O)C(O)C(O)C2O)C(O)C(O)C1O. The maximum absolute atomic E-state index is 11.2. The van der Waals surface area contributed by atoms with Crippen molar-refractivity contribution in [1.29, 1.82) is 0 Å². The summed E-state index contributed by atoms with van der Waals surface area (Å²) in [5.41, 5.74) is -0.598. The molecule has 0 saturated carbocycles. The molecule has 3 aliphatic rings. The van der Waals surface area contributed by atoms with Crippen molar-refractivity contribution in [3.8, 4) is 0 Å². The van der Waals surface area contributed by atoms with Crippen LogP contribution in [0.15, 0.2) is 0 Å². The van der Waals surface area contributed by atoms with Gasteiger partial charge < -0.3 is 88.5 Å². The molecule has 48 heavy (non-hydrogen) atoms. The van der Waals surface area contributed by atoms with Gasteiger partial charge in [-0.25, -0.2) is 0 Å². The van der Waals surface area contributed by atoms with E-state index in [1.165, 1.54) is 0 Å². The Labute approximate surface area is 278 Å². The van der Waals surface area contributed by atoms with Crippen LogP contribution in [0.2, 0.25) is 0 Å². The molecule has 19 nitrogen and oxygen atoms in total. The molecule has 10 N–H and O–H groups in total. The molecule has 0 radical (unpaired) electrons. The second-order valence-electron chi connectivity index (χ2n) is 13.2. The minimum absolute atomic E-state index is 0.0665. The van der Waals surface area contributed by atoms with E-state index in [1.807, 2.05) is 0 Å². The predicted molar refractivity (Wildman–Crippen MR) is 159 cm³/mol. The van der Waals surface area contributed by atoms with Crippen molar-refractivity contribution < 1.29 is 93.1 Å². The Balaban J connectivity index is 1.52. The summed E-state index contributed by atoms with van der Waals surface area (Å²) < 4.78 is 55.0. The Hall–Kier alpha value is -0.490. The topological polar surface area (TPSA) is 293 Å². The number of hydrogen-bond acceptors (Lipinski definition) is 18. The largest absolute Gasteiger partial charge is 0.387 e. The van der Waals surface area contributed by atoms with E-state index in [-0.39, 0.29) is 19.8 Å². The van der Waals surface area contributed by atoms with Crippen molar-refractivity contribution in [2.45, 2.75) is 138 Å². The first-order valence-electron chi connectivity index (χ1n) is 15.8. The van der Waals surface area contributed by atoms with Gasteiger partial charge in [-0.2, -0.15) is 0 Å². The third-order valence-electron chi connectivity index (χ3n) is 7.94. The quantitative estimate of drug-likeness (QED) is 0.0541. The highest BCUT2D eigenvalue weighted by Gasteiger charge is 2.49. The van der Waals surface area contributed by atoms with Crippen LogP contribution in [0, 0.1) is 0 Å². The van der Waals surface area contributed by atoms with Crippen LogP contribution in [0.3, 0.4) is 0 Å². The standard InChI is InChI=1S/C28H53O19P/c1-28(2,3)43-12-15-18(31)21(34)24(37)27(47-15)42-11-14-17(30)20(33)23(36)26(46-14)41-10-13-16(29)19(32)22(35)25(45-13)40-8-6-5-7-9-44-48(4,38)39/h13-27,29-37H,5-12H2,1-4H3,(H,38,39). The van der Waals surface area contributed by atoms with Crippen molar-refractivity contribution >= 4 is 7.60 Å². The van der Waals surface area contributed by atoms with Gasteiger partial charge in [0, 0.05) is 13.3 Å². The third kappa shape index (κ3) is 12.0. The molecule has 0 aromatic carbocycles. The summed E-state index contributed by atoms with van der Waals surface area (Å²) >= 11 is 0. The Morgan fingerprint density at radius 3 is 1.31 bits per heavy atom. The number of ether oxygens (including phenoxy) is 7. The highest BCUT2D eigenvalue weighted by Crippen LogP contribution is 2.36. The van der Waals surface area contributed by atoms with Gasteiger partial charge in [-0.1, -0.05) is 0 Å². The summed E-state index contributed by atoms with van der Waals surface area (Å²) in [5.74, 6) is 0. The highest BCUT2D eigenvalue weighted by molar-refractivity contribution is 7.51. The number of rotatable bonds is 16. The van der Waals surface area contributed by atoms with Crippen molar-refractivity contribution in [3.05, 3.63) is 0 Å². The lowest BCUT2D eigenvalue weighted by Gasteiger charge is -2.44. The van der Waals surface area contributed by atoms with Gasteiger partial charge in [0.05, 0.1) is 32.0 Å². The minimum Gasteiger partial charge on any atom is -0.387 e. The molecule has 0 bridgehead atoms. The molecular formula is C28H53O19P. The van der Waals surface area contributed by atoms with Gasteiger partial charge in [0.25, 0.3) is 0 Å². The van der Waals surface area contributed by atoms with Gasteiger partial charge in [-0.3, -0.25) is 4.57 Å². The van der Waals surface area contributed by atoms with Crippen LogP contribution in [-0.4, -0.2) is 188 Å². The van der Waals surface area contributed by atoms with Crippen LogP contribution in [0.5, 0.6) is 0 Å². The molecule has 0 amide bonds. The molecule has 0 spiro atoms. The van der Waals surface area contributed by atoms with Crippen LogP contribution < -0.4 is 0 Å². The molecular weight excluding hydrogens is 671 g/mol. The Kier molecular flexibility index (Phi) is 16.0. The Morgan fingerprint density at radius 1 is 0.542 bits per heavy atom. The van der Waals surface area contributed by atoms with Crippen molar-refractivity contribution in [2.24, 2.45) is 0 Å². The summed E-state index contributed by atoms with van der Waals surface area (Å²) in [6.45, 7) is 5.31. The van der Waals surface area contributed by atoms with Crippen LogP contribution in [-0.2, 0) is 42.2 Å². The van der Waals surface area contributed by atoms with Crippen LogP contribution >= 0.6 is 7.60 Å². The van der Waals surface area contributed by atoms with E-state index in [4.69, 9.17) is 42.6 Å². The van der Waals surface area contributed by atoms with E-state index in [0.29, 0.717) is 19.3 Å². The Bertz CT molecular complexity index is 996. The molecule has 3 aliphatic heterocycles. The molecule has 3 saturated heterocycles. The fourth-order valence-corrected chi connectivity index (χ4v) is 5.57. The molecule has 0 aromatic rings. The smallest absolute Gasteiger partial charge is 0.325 e. The average Bonchev–Trinajstić information content (AvgIpc) is 3.01. The van der Waals surface area contributed by atoms with Gasteiger partial charge in [0.15, 0.2) is 18.9 Å². The summed E-state index contributed by atoms with van der Waals surface area (Å²) in [6, 6.07) is 0. The van der Waals surface area contributed by atoms with E-state index in [2.05, 4.69) is 0 Å². The second-order valence-corrected chi connectivity index (χ2v) is 15.1. The van der Waals surface area contributed by atoms with Crippen molar-refractivity contribution in [2.75, 3.05) is 39.7 Å². The first-order valence-corrected chi connectivity index (χ1v) is 17.9. The molecule has 0 aromatic heterocycles. The van der Waals surface area contributed by atoms with E-state index in [9.17, 15) is 50.5 Å². The second kappa shape index (κ2) is 18.3. The summed E-state index contributed by atoms with van der Waals surface area (Å²) in [5, 5.41) is 93.7. The number of hydrogen-bond donors (Lipinski definition) is 10. The maximum atomic E-state index is 11.2. The Morgan fingerprint density at radius 2 is 0.917 bits per heavy atom. The van der Waals surface area contributed by atoms with Gasteiger partial charge >= 0.3 is 7.60 Å². The van der Waals surface area contributed by atoms with Crippen molar-refractivity contribution in [1.82, 2.24) is 0 Å². The monoisotopic (exact) mass is 724 g/mol. The molecule has 284 valence electrons. The van der Waals surface area contributed by atoms with Gasteiger partial charge in [-0.05, 0) is 40.0 Å². The summed E-state index contributed by atoms with van der Waals surface area (Å²) in [6.07, 6.45) is -21.9. The van der Waals surface area contributed by atoms with E-state index < -0.39 is 119 Å². The fourth-order valence-electron chi connectivity index (χ4n) is 5.10. The first-order chi connectivity index (χ1) is 22.3. The van der Waals surface area contributed by atoms with Crippen molar-refractivity contribution in [3.63, 3.8) is 0 Å². The number of aliphatic hydroxyl groups is 9. The molecule has 16 unspecified atom stereocenters. The highest BCUT2D eigenvalue weighted by atomic mass is 31.2. The van der Waals surface area contributed by atoms with Gasteiger partial charge in [0.2, 0.25) is 0 Å². The minimum atomic E-state index is -3.57.